The second kappa shape index (κ2) is 19.3. The molecule has 0 aromatic heterocycles. The van der Waals surface area contributed by atoms with Crippen molar-refractivity contribution in [3.63, 3.8) is 0 Å². The van der Waals surface area contributed by atoms with E-state index in [0.29, 0.717) is 0 Å². The quantitative estimate of drug-likeness (QED) is 0.206. The van der Waals surface area contributed by atoms with Crippen LogP contribution in [0.2, 0.25) is 0 Å². The second-order valence-electron chi connectivity index (χ2n) is 8.42. The Kier molecular flexibility index (Phi) is 19.3. The maximum atomic E-state index is 2.38. The van der Waals surface area contributed by atoms with E-state index >= 15 is 0 Å². The lowest BCUT2D eigenvalue weighted by molar-refractivity contribution is 0.489. The van der Waals surface area contributed by atoms with E-state index < -0.39 is 0 Å². The summed E-state index contributed by atoms with van der Waals surface area (Å²) in [6, 6.07) is 0. The Morgan fingerprint density at radius 1 is 0.500 bits per heavy atom. The van der Waals surface area contributed by atoms with Crippen molar-refractivity contribution < 1.29 is 0 Å². The van der Waals surface area contributed by atoms with Gasteiger partial charge in [0.05, 0.1) is 0 Å². The second-order valence-corrected chi connectivity index (χ2v) is 8.42. The highest BCUT2D eigenvalue weighted by Gasteiger charge is 2.06. The molecule has 1 radical (unpaired) electrons. The molecule has 0 fully saturated rings. The number of rotatable bonds is 19. The Morgan fingerprint density at radius 3 is 1.08 bits per heavy atom. The third kappa shape index (κ3) is 18.3. The lowest BCUT2D eigenvalue weighted by Gasteiger charge is -2.14. The molecule has 0 aromatic rings. The van der Waals surface area contributed by atoms with Crippen molar-refractivity contribution in [2.24, 2.45) is 5.92 Å². The van der Waals surface area contributed by atoms with Gasteiger partial charge in [-0.25, -0.2) is 0 Å². The molecule has 0 bridgehead atoms. The molecular weight excluding hydrogens is 288 g/mol. The van der Waals surface area contributed by atoms with E-state index in [1.165, 1.54) is 116 Å². The van der Waals surface area contributed by atoms with Crippen LogP contribution in [0, 0.1) is 11.8 Å². The zero-order valence-corrected chi connectivity index (χ0v) is 17.8. The van der Waals surface area contributed by atoms with Crippen LogP contribution in [0.4, 0.5) is 0 Å². The molecule has 1 atom stereocenters. The fraction of sp³-hybridized carbons (Fsp3) is 0.958. The predicted octanol–water partition coefficient (Wildman–Crippen LogP) is 9.28. The van der Waals surface area contributed by atoms with E-state index in [4.69, 9.17) is 0 Å². The highest BCUT2D eigenvalue weighted by molar-refractivity contribution is 4.83. The number of unbranched alkanes of at least 4 members (excludes halogenated alkanes) is 16. The summed E-state index contributed by atoms with van der Waals surface area (Å²) in [5.41, 5.74) is 0. The van der Waals surface area contributed by atoms with E-state index in [1.54, 1.807) is 5.92 Å². The molecule has 0 aliphatic rings. The largest absolute Gasteiger partial charge is 0.0654 e. The Morgan fingerprint density at radius 2 is 0.792 bits per heavy atom. The first-order valence-corrected chi connectivity index (χ1v) is 11.5. The minimum Gasteiger partial charge on any atom is -0.0654 e. The van der Waals surface area contributed by atoms with Crippen molar-refractivity contribution in [1.82, 2.24) is 0 Å². The zero-order chi connectivity index (χ0) is 17.9. The molecule has 0 N–H and O–H groups in total. The van der Waals surface area contributed by atoms with Gasteiger partial charge in [0.2, 0.25) is 0 Å². The highest BCUT2D eigenvalue weighted by Crippen LogP contribution is 2.20. The molecule has 0 spiro atoms. The molecule has 0 nitrogen and oxygen atoms in total. The zero-order valence-electron chi connectivity index (χ0n) is 17.8. The molecular formula is C24H49. The Bertz CT molecular complexity index is 218. The van der Waals surface area contributed by atoms with E-state index in [9.17, 15) is 0 Å². The van der Waals surface area contributed by atoms with Gasteiger partial charge < -0.3 is 0 Å². The molecule has 145 valence electrons. The summed E-state index contributed by atoms with van der Waals surface area (Å²) in [5, 5.41) is 0. The minimum absolute atomic E-state index is 0.835. The van der Waals surface area contributed by atoms with Crippen LogP contribution in [-0.4, -0.2) is 0 Å². The van der Waals surface area contributed by atoms with Crippen molar-refractivity contribution >= 4 is 0 Å². The molecule has 0 rings (SSSR count). The average Bonchev–Trinajstić information content (AvgIpc) is 2.57. The normalized spacial score (nSPS) is 12.9. The molecule has 0 heterocycles. The summed E-state index contributed by atoms with van der Waals surface area (Å²) in [4.78, 5) is 0. The molecule has 0 aliphatic carbocycles. The topological polar surface area (TPSA) is 0 Å². The summed E-state index contributed by atoms with van der Waals surface area (Å²) in [5.74, 6) is 2.44. The molecule has 0 saturated heterocycles. The van der Waals surface area contributed by atoms with Gasteiger partial charge in [-0.15, -0.1) is 0 Å². The molecule has 0 heteroatoms. The standard InChI is InChI=1S/C24H49/c1-5-6-7-8-9-10-11-12-13-14-15-16-17-18-19-20-21-22-24(4)23(2)3/h24H,5-22H2,1-4H3. The van der Waals surface area contributed by atoms with Crippen LogP contribution >= 0.6 is 0 Å². The first-order valence-electron chi connectivity index (χ1n) is 11.5. The van der Waals surface area contributed by atoms with E-state index in [2.05, 4.69) is 27.7 Å². The first kappa shape index (κ1) is 24.0. The number of hydrogen-bond donors (Lipinski definition) is 0. The maximum absolute atomic E-state index is 2.38. The Hall–Kier alpha value is 0. The molecule has 0 amide bonds. The SMILES string of the molecule is CCCCCCCCCCCCCCCCCCCC(C)[C](C)C. The van der Waals surface area contributed by atoms with Crippen molar-refractivity contribution in [1.29, 1.82) is 0 Å². The number of hydrogen-bond acceptors (Lipinski definition) is 0. The summed E-state index contributed by atoms with van der Waals surface area (Å²) in [6.07, 6.45) is 26.3. The molecule has 0 saturated carbocycles. The van der Waals surface area contributed by atoms with Gasteiger partial charge in [0.1, 0.15) is 0 Å². The maximum Gasteiger partial charge on any atom is -0.0275 e. The smallest absolute Gasteiger partial charge is 0.0275 e. The molecule has 24 heavy (non-hydrogen) atoms. The van der Waals surface area contributed by atoms with Crippen LogP contribution in [0.3, 0.4) is 0 Å². The average molecular weight is 338 g/mol. The van der Waals surface area contributed by atoms with Crippen LogP contribution in [0.15, 0.2) is 0 Å². The summed E-state index contributed by atoms with van der Waals surface area (Å²) >= 11 is 0. The van der Waals surface area contributed by atoms with Crippen molar-refractivity contribution in [3.05, 3.63) is 5.92 Å². The van der Waals surface area contributed by atoms with Gasteiger partial charge in [0.25, 0.3) is 0 Å². The third-order valence-electron chi connectivity index (χ3n) is 5.73. The van der Waals surface area contributed by atoms with Gasteiger partial charge in [-0.1, -0.05) is 143 Å². The first-order chi connectivity index (χ1) is 11.7. The molecule has 0 aromatic carbocycles. The van der Waals surface area contributed by atoms with Crippen LogP contribution in [0.5, 0.6) is 0 Å². The minimum atomic E-state index is 0.835. The summed E-state index contributed by atoms with van der Waals surface area (Å²) < 4.78 is 0. The fourth-order valence-corrected chi connectivity index (χ4v) is 3.46. The lowest BCUT2D eigenvalue weighted by atomic mass is 9.92. The van der Waals surface area contributed by atoms with Gasteiger partial charge in [-0.2, -0.15) is 0 Å². The van der Waals surface area contributed by atoms with E-state index in [-0.39, 0.29) is 0 Å². The van der Waals surface area contributed by atoms with Gasteiger partial charge >= 0.3 is 0 Å². The Balaban J connectivity index is 3.03. The van der Waals surface area contributed by atoms with Gasteiger partial charge in [-0.3, -0.25) is 0 Å². The van der Waals surface area contributed by atoms with Crippen LogP contribution in [-0.2, 0) is 0 Å². The van der Waals surface area contributed by atoms with Crippen molar-refractivity contribution in [3.8, 4) is 0 Å². The van der Waals surface area contributed by atoms with Crippen molar-refractivity contribution in [2.45, 2.75) is 143 Å². The fourth-order valence-electron chi connectivity index (χ4n) is 3.46. The third-order valence-corrected chi connectivity index (χ3v) is 5.73. The van der Waals surface area contributed by atoms with Gasteiger partial charge in [0, 0.05) is 0 Å². The van der Waals surface area contributed by atoms with Crippen LogP contribution in [0.25, 0.3) is 0 Å². The summed E-state index contributed by atoms with van der Waals surface area (Å²) in [7, 11) is 0. The highest BCUT2D eigenvalue weighted by atomic mass is 14.1. The van der Waals surface area contributed by atoms with Crippen LogP contribution in [0.1, 0.15) is 143 Å². The van der Waals surface area contributed by atoms with E-state index in [0.717, 1.165) is 5.92 Å². The van der Waals surface area contributed by atoms with Gasteiger partial charge in [0.15, 0.2) is 0 Å². The monoisotopic (exact) mass is 337 g/mol. The molecule has 0 aliphatic heterocycles. The van der Waals surface area contributed by atoms with Gasteiger partial charge in [-0.05, 0) is 11.8 Å². The van der Waals surface area contributed by atoms with Crippen molar-refractivity contribution in [2.75, 3.05) is 0 Å². The molecule has 1 unspecified atom stereocenters. The summed E-state index contributed by atoms with van der Waals surface area (Å²) in [6.45, 7) is 9.23. The predicted molar refractivity (Wildman–Crippen MR) is 113 cm³/mol. The lowest BCUT2D eigenvalue weighted by Crippen LogP contribution is -2.01. The Labute approximate surface area is 155 Å². The van der Waals surface area contributed by atoms with E-state index in [1.807, 2.05) is 0 Å². The van der Waals surface area contributed by atoms with Crippen LogP contribution < -0.4 is 0 Å².